The van der Waals surface area contributed by atoms with Crippen LogP contribution >= 0.6 is 57.5 Å². The zero-order valence-corrected chi connectivity index (χ0v) is 16.7. The molecule has 0 saturated heterocycles. The van der Waals surface area contributed by atoms with Crippen molar-refractivity contribution in [1.29, 1.82) is 0 Å². The predicted molar refractivity (Wildman–Crippen MR) is 105 cm³/mol. The van der Waals surface area contributed by atoms with E-state index in [1.165, 1.54) is 0 Å². The van der Waals surface area contributed by atoms with Crippen LogP contribution in [0.5, 0.6) is 0 Å². The molecule has 5 aromatic heterocycles. The minimum Gasteiger partial charge on any atom is -0.297 e. The van der Waals surface area contributed by atoms with E-state index in [-0.39, 0.29) is 0 Å². The molecule has 0 N–H and O–H groups in total. The molecular formula is C14H10N6S5. The molecule has 5 heterocycles. The maximum Gasteiger partial charge on any atom is 0.193 e. The molecule has 0 spiro atoms. The third-order valence-electron chi connectivity index (χ3n) is 3.36. The molecule has 0 atom stereocenters. The lowest BCUT2D eigenvalue weighted by Gasteiger charge is -1.92. The summed E-state index contributed by atoms with van der Waals surface area (Å²) in [5.74, 6) is 1.62. The van der Waals surface area contributed by atoms with E-state index in [0.29, 0.717) is 0 Å². The van der Waals surface area contributed by atoms with E-state index in [0.717, 1.165) is 41.5 Å². The van der Waals surface area contributed by atoms with Gasteiger partial charge in [0.15, 0.2) is 18.6 Å². The average Bonchev–Trinajstić information content (AvgIpc) is 3.35. The van der Waals surface area contributed by atoms with Gasteiger partial charge in [-0.1, -0.05) is 34.9 Å². The van der Waals surface area contributed by atoms with Crippen molar-refractivity contribution < 1.29 is 0 Å². The van der Waals surface area contributed by atoms with Gasteiger partial charge in [-0.05, 0) is 0 Å². The summed E-state index contributed by atoms with van der Waals surface area (Å²) >= 11 is 8.29. The van der Waals surface area contributed by atoms with Crippen molar-refractivity contribution in [1.82, 2.24) is 29.0 Å². The van der Waals surface area contributed by atoms with Crippen LogP contribution in [0.25, 0.3) is 9.92 Å². The Hall–Kier alpha value is -1.40. The Morgan fingerprint density at radius 1 is 0.800 bits per heavy atom. The summed E-state index contributed by atoms with van der Waals surface area (Å²) in [6, 6.07) is 0. The maximum absolute atomic E-state index is 4.59. The van der Waals surface area contributed by atoms with Crippen molar-refractivity contribution in [3.8, 4) is 0 Å². The van der Waals surface area contributed by atoms with Crippen molar-refractivity contribution in [3.05, 3.63) is 46.9 Å². The quantitative estimate of drug-likeness (QED) is 0.374. The third kappa shape index (κ3) is 3.34. The number of imidazole rings is 2. The molecular weight excluding hydrogens is 413 g/mol. The fourth-order valence-corrected chi connectivity index (χ4v) is 6.50. The van der Waals surface area contributed by atoms with Crippen LogP contribution in [-0.4, -0.2) is 29.0 Å². The molecule has 6 nitrogen and oxygen atoms in total. The Kier molecular flexibility index (Phi) is 4.26. The van der Waals surface area contributed by atoms with Gasteiger partial charge in [0.25, 0.3) is 0 Å². The number of hydrogen-bond acceptors (Lipinski definition) is 9. The van der Waals surface area contributed by atoms with Gasteiger partial charge in [0, 0.05) is 47.1 Å². The number of fused-ring (bicyclic) bond motifs is 2. The first-order valence-corrected chi connectivity index (χ1v) is 11.8. The van der Waals surface area contributed by atoms with Gasteiger partial charge in [-0.3, -0.25) is 8.80 Å². The van der Waals surface area contributed by atoms with Gasteiger partial charge in [-0.25, -0.2) is 9.97 Å². The van der Waals surface area contributed by atoms with Crippen molar-refractivity contribution in [2.45, 2.75) is 20.2 Å². The molecule has 0 radical (unpaired) electrons. The van der Waals surface area contributed by atoms with Gasteiger partial charge in [0.2, 0.25) is 0 Å². The van der Waals surface area contributed by atoms with Crippen molar-refractivity contribution in [2.24, 2.45) is 0 Å². The van der Waals surface area contributed by atoms with E-state index >= 15 is 0 Å². The van der Waals surface area contributed by atoms with Crippen LogP contribution in [0.15, 0.2) is 44.2 Å². The van der Waals surface area contributed by atoms with Gasteiger partial charge in [0.05, 0.1) is 11.4 Å². The summed E-state index contributed by atoms with van der Waals surface area (Å²) in [4.78, 5) is 11.2. The molecule has 0 aromatic carbocycles. The molecule has 0 unspecified atom stereocenters. The lowest BCUT2D eigenvalue weighted by molar-refractivity contribution is 0.953. The first-order chi connectivity index (χ1) is 12.3. The van der Waals surface area contributed by atoms with Crippen LogP contribution in [0.2, 0.25) is 0 Å². The standard InChI is InChI=1S/C14H10N6S5/c1-3-21-11-15-9(5-19(1)11)7-23-13-17-18-14(25-13)24-8-10-6-20-2-4-22-12(20)16-10/h1-6H,7-8H2. The smallest absolute Gasteiger partial charge is 0.193 e. The van der Waals surface area contributed by atoms with E-state index in [1.807, 2.05) is 23.2 Å². The lowest BCUT2D eigenvalue weighted by Crippen LogP contribution is -1.80. The Morgan fingerprint density at radius 2 is 1.32 bits per heavy atom. The minimum absolute atomic E-state index is 0.811. The SMILES string of the molecule is c1cn2cc(CSc3nnc(SCc4cn5ccsc5n4)s3)nc2s1. The lowest BCUT2D eigenvalue weighted by atomic mass is 10.6. The molecule has 5 aromatic rings. The second kappa shape index (κ2) is 6.72. The normalized spacial score (nSPS) is 11.8. The van der Waals surface area contributed by atoms with Crippen molar-refractivity contribution in [2.75, 3.05) is 0 Å². The second-order valence-corrected chi connectivity index (χ2v) is 10.2. The van der Waals surface area contributed by atoms with Gasteiger partial charge in [0.1, 0.15) is 0 Å². The first kappa shape index (κ1) is 15.8. The van der Waals surface area contributed by atoms with Gasteiger partial charge < -0.3 is 0 Å². The van der Waals surface area contributed by atoms with E-state index in [9.17, 15) is 0 Å². The Balaban J connectivity index is 1.19. The summed E-state index contributed by atoms with van der Waals surface area (Å²) < 4.78 is 6.06. The Bertz CT molecular complexity index is 987. The zero-order chi connectivity index (χ0) is 16.6. The maximum atomic E-state index is 4.59. The van der Waals surface area contributed by atoms with Crippen LogP contribution in [0.4, 0.5) is 0 Å². The highest BCUT2D eigenvalue weighted by molar-refractivity contribution is 8.02. The largest absolute Gasteiger partial charge is 0.297 e. The van der Waals surface area contributed by atoms with E-state index < -0.39 is 0 Å². The summed E-state index contributed by atoms with van der Waals surface area (Å²) in [5.41, 5.74) is 2.14. The molecule has 0 aliphatic rings. The van der Waals surface area contributed by atoms with Crippen LogP contribution in [-0.2, 0) is 11.5 Å². The topological polar surface area (TPSA) is 60.4 Å². The molecule has 0 fully saturated rings. The van der Waals surface area contributed by atoms with Crippen LogP contribution in [0.1, 0.15) is 11.4 Å². The predicted octanol–water partition coefficient (Wildman–Crippen LogP) is 4.54. The zero-order valence-electron chi connectivity index (χ0n) is 12.6. The number of thiazole rings is 2. The molecule has 126 valence electrons. The molecule has 0 aliphatic carbocycles. The Morgan fingerprint density at radius 3 is 1.80 bits per heavy atom. The van der Waals surface area contributed by atoms with E-state index in [4.69, 9.17) is 0 Å². The Labute approximate surface area is 163 Å². The van der Waals surface area contributed by atoms with Crippen molar-refractivity contribution in [3.63, 3.8) is 0 Å². The number of aromatic nitrogens is 6. The molecule has 0 bridgehead atoms. The second-order valence-electron chi connectivity index (χ2n) is 5.06. The number of thioether (sulfide) groups is 2. The highest BCUT2D eigenvalue weighted by atomic mass is 32.2. The van der Waals surface area contributed by atoms with Crippen molar-refractivity contribution >= 4 is 67.5 Å². The first-order valence-electron chi connectivity index (χ1n) is 7.25. The fraction of sp³-hybridized carbons (Fsp3) is 0.143. The summed E-state index contributed by atoms with van der Waals surface area (Å²) in [6.07, 6.45) is 8.20. The average molecular weight is 423 g/mol. The summed E-state index contributed by atoms with van der Waals surface area (Å²) in [6.45, 7) is 0. The van der Waals surface area contributed by atoms with Gasteiger partial charge >= 0.3 is 0 Å². The number of nitrogens with zero attached hydrogens (tertiary/aromatic N) is 6. The molecule has 0 saturated carbocycles. The minimum atomic E-state index is 0.811. The molecule has 0 aliphatic heterocycles. The number of hydrogen-bond donors (Lipinski definition) is 0. The summed E-state index contributed by atoms with van der Waals surface area (Å²) in [5, 5.41) is 12.6. The summed E-state index contributed by atoms with van der Waals surface area (Å²) in [7, 11) is 0. The van der Waals surface area contributed by atoms with Gasteiger partial charge in [-0.15, -0.1) is 32.9 Å². The molecule has 5 rings (SSSR count). The van der Waals surface area contributed by atoms with Crippen LogP contribution in [0.3, 0.4) is 0 Å². The fourth-order valence-electron chi connectivity index (χ4n) is 2.28. The third-order valence-corrected chi connectivity index (χ3v) is 8.16. The monoisotopic (exact) mass is 422 g/mol. The number of rotatable bonds is 6. The molecule has 11 heteroatoms. The van der Waals surface area contributed by atoms with E-state index in [1.54, 1.807) is 57.5 Å². The molecule has 25 heavy (non-hydrogen) atoms. The highest BCUT2D eigenvalue weighted by Crippen LogP contribution is 2.32. The van der Waals surface area contributed by atoms with E-state index in [2.05, 4.69) is 41.4 Å². The van der Waals surface area contributed by atoms with Crippen LogP contribution in [0, 0.1) is 0 Å². The highest BCUT2D eigenvalue weighted by Gasteiger charge is 2.10. The van der Waals surface area contributed by atoms with Gasteiger partial charge in [-0.2, -0.15) is 0 Å². The van der Waals surface area contributed by atoms with Crippen LogP contribution < -0.4 is 0 Å². The molecule has 0 amide bonds.